The molecule has 0 unspecified atom stereocenters. The number of nitrogens with zero attached hydrogens (tertiary/aromatic N) is 3. The molecule has 1 aliphatic rings. The predicted octanol–water partition coefficient (Wildman–Crippen LogP) is -0.340. The number of aryl methyl sites for hydroxylation is 1. The number of benzene rings is 1. The molecule has 13 nitrogen and oxygen atoms in total. The summed E-state index contributed by atoms with van der Waals surface area (Å²) in [5, 5.41) is 21.0. The van der Waals surface area contributed by atoms with E-state index in [2.05, 4.69) is 19.5 Å². The standard InChI is InChI=1S/C18H22N5O8P/c1-2-8-3-5-9(6-4-8)14-20-11-15(21-18(19)22-16(11)26)23(14)17-13(25)12(24)10(31-17)7-30-32(27,28)29/h3-6,10,12-13,17,24-25H,2,7H2,1H3,(H2,27,28,29)(H3,19,21,22,26)/t10-,12-,13-,17-/m1/s1. The van der Waals surface area contributed by atoms with Gasteiger partial charge in [0.25, 0.3) is 5.56 Å². The average molecular weight is 467 g/mol. The maximum absolute atomic E-state index is 12.4. The van der Waals surface area contributed by atoms with Crippen molar-refractivity contribution >= 4 is 24.9 Å². The van der Waals surface area contributed by atoms with Crippen molar-refractivity contribution in [3.8, 4) is 11.4 Å². The van der Waals surface area contributed by atoms with Crippen molar-refractivity contribution in [2.24, 2.45) is 0 Å². The molecule has 172 valence electrons. The number of nitrogens with one attached hydrogen (secondary N) is 1. The van der Waals surface area contributed by atoms with Gasteiger partial charge in [-0.15, -0.1) is 0 Å². The number of phosphoric acid groups is 1. The van der Waals surface area contributed by atoms with Crippen LogP contribution >= 0.6 is 7.82 Å². The minimum Gasteiger partial charge on any atom is -0.387 e. The third-order valence-corrected chi connectivity index (χ3v) is 5.67. The number of aliphatic hydroxyl groups is 2. The summed E-state index contributed by atoms with van der Waals surface area (Å²) in [5.41, 5.74) is 6.69. The largest absolute Gasteiger partial charge is 0.469 e. The van der Waals surface area contributed by atoms with Crippen LogP contribution in [0.5, 0.6) is 0 Å². The topological polar surface area (TPSA) is 206 Å². The second-order valence-electron chi connectivity index (χ2n) is 7.31. The number of nitrogen functional groups attached to an aromatic ring is 1. The molecule has 7 N–H and O–H groups in total. The normalized spacial score (nSPS) is 23.8. The maximum Gasteiger partial charge on any atom is 0.469 e. The Morgan fingerprint density at radius 1 is 1.22 bits per heavy atom. The van der Waals surface area contributed by atoms with Crippen molar-refractivity contribution in [1.82, 2.24) is 19.5 Å². The molecular weight excluding hydrogens is 445 g/mol. The van der Waals surface area contributed by atoms with Gasteiger partial charge >= 0.3 is 7.82 Å². The van der Waals surface area contributed by atoms with Crippen molar-refractivity contribution in [2.45, 2.75) is 37.9 Å². The molecule has 1 aromatic carbocycles. The molecule has 1 saturated heterocycles. The highest BCUT2D eigenvalue weighted by molar-refractivity contribution is 7.46. The second kappa shape index (κ2) is 8.37. The number of H-pyrrole nitrogens is 1. The van der Waals surface area contributed by atoms with Crippen LogP contribution in [0.25, 0.3) is 22.6 Å². The third kappa shape index (κ3) is 4.19. The summed E-state index contributed by atoms with van der Waals surface area (Å²) in [5.74, 6) is 0.0324. The number of anilines is 1. The molecule has 14 heteroatoms. The van der Waals surface area contributed by atoms with Crippen LogP contribution in [-0.2, 0) is 20.2 Å². The summed E-state index contributed by atoms with van der Waals surface area (Å²) in [6.07, 6.45) is -4.84. The number of aromatic nitrogens is 4. The number of hydrogen-bond donors (Lipinski definition) is 6. The molecule has 3 aromatic rings. The fourth-order valence-corrected chi connectivity index (χ4v) is 3.93. The second-order valence-corrected chi connectivity index (χ2v) is 8.55. The molecule has 0 spiro atoms. The van der Waals surface area contributed by atoms with E-state index in [1.54, 1.807) is 12.1 Å². The smallest absolute Gasteiger partial charge is 0.387 e. The quantitative estimate of drug-likeness (QED) is 0.259. The van der Waals surface area contributed by atoms with E-state index in [4.69, 9.17) is 20.3 Å². The first kappa shape index (κ1) is 22.6. The number of nitrogens with two attached hydrogens (primary N) is 1. The first-order valence-corrected chi connectivity index (χ1v) is 11.2. The Labute approximate surface area is 180 Å². The minimum atomic E-state index is -4.83. The monoisotopic (exact) mass is 467 g/mol. The highest BCUT2D eigenvalue weighted by atomic mass is 31.2. The summed E-state index contributed by atoms with van der Waals surface area (Å²) < 4.78 is 22.5. The molecule has 0 radical (unpaired) electrons. The Bertz CT molecular complexity index is 1240. The lowest BCUT2D eigenvalue weighted by molar-refractivity contribution is -0.0496. The molecule has 0 aliphatic carbocycles. The van der Waals surface area contributed by atoms with Gasteiger partial charge in [0, 0.05) is 5.56 Å². The molecular formula is C18H22N5O8P. The van der Waals surface area contributed by atoms with Crippen LogP contribution in [0.4, 0.5) is 5.95 Å². The van der Waals surface area contributed by atoms with Gasteiger partial charge in [-0.1, -0.05) is 31.2 Å². The number of aliphatic hydroxyl groups excluding tert-OH is 2. The highest BCUT2D eigenvalue weighted by Crippen LogP contribution is 2.40. The van der Waals surface area contributed by atoms with Crippen molar-refractivity contribution < 1.29 is 33.8 Å². The molecule has 1 aliphatic heterocycles. The van der Waals surface area contributed by atoms with Gasteiger partial charge in [-0.05, 0) is 12.0 Å². The number of phosphoric ester groups is 1. The third-order valence-electron chi connectivity index (χ3n) is 5.19. The van der Waals surface area contributed by atoms with Gasteiger partial charge in [-0.25, -0.2) is 9.55 Å². The number of ether oxygens (including phenoxy) is 1. The van der Waals surface area contributed by atoms with E-state index < -0.39 is 44.5 Å². The Balaban J connectivity index is 1.83. The summed E-state index contributed by atoms with van der Waals surface area (Å²) in [4.78, 5) is 41.1. The van der Waals surface area contributed by atoms with E-state index in [1.165, 1.54) is 4.57 Å². The van der Waals surface area contributed by atoms with Crippen molar-refractivity contribution in [1.29, 1.82) is 0 Å². The Morgan fingerprint density at radius 3 is 2.53 bits per heavy atom. The van der Waals surface area contributed by atoms with E-state index in [-0.39, 0.29) is 22.9 Å². The molecule has 4 atom stereocenters. The molecule has 0 saturated carbocycles. The first-order valence-electron chi connectivity index (χ1n) is 9.67. The van der Waals surface area contributed by atoms with Gasteiger partial charge in [-0.2, -0.15) is 4.98 Å². The number of imidazole rings is 1. The molecule has 0 amide bonds. The fraction of sp³-hybridized carbons (Fsp3) is 0.389. The Hall–Kier alpha value is -2.64. The van der Waals surface area contributed by atoms with Gasteiger partial charge in [0.1, 0.15) is 24.1 Å². The van der Waals surface area contributed by atoms with E-state index in [0.717, 1.165) is 12.0 Å². The summed E-state index contributed by atoms with van der Waals surface area (Å²) >= 11 is 0. The number of fused-ring (bicyclic) bond motifs is 1. The molecule has 3 heterocycles. The lowest BCUT2D eigenvalue weighted by Gasteiger charge is -2.19. The molecule has 2 aromatic heterocycles. The van der Waals surface area contributed by atoms with Crippen LogP contribution in [-0.4, -0.2) is 64.4 Å². The molecule has 4 rings (SSSR count). The van der Waals surface area contributed by atoms with Crippen LogP contribution < -0.4 is 11.3 Å². The van der Waals surface area contributed by atoms with Crippen LogP contribution in [0.2, 0.25) is 0 Å². The van der Waals surface area contributed by atoms with Gasteiger partial charge in [0.15, 0.2) is 17.4 Å². The lowest BCUT2D eigenvalue weighted by Crippen LogP contribution is -2.33. The van der Waals surface area contributed by atoms with E-state index in [1.807, 2.05) is 19.1 Å². The van der Waals surface area contributed by atoms with Crippen LogP contribution in [0.3, 0.4) is 0 Å². The van der Waals surface area contributed by atoms with Gasteiger partial charge < -0.3 is 30.5 Å². The first-order chi connectivity index (χ1) is 15.1. The lowest BCUT2D eigenvalue weighted by atomic mass is 10.1. The van der Waals surface area contributed by atoms with Crippen molar-refractivity contribution in [3.63, 3.8) is 0 Å². The molecule has 0 bridgehead atoms. The van der Waals surface area contributed by atoms with Crippen molar-refractivity contribution in [3.05, 3.63) is 40.2 Å². The van der Waals surface area contributed by atoms with E-state index in [9.17, 15) is 19.6 Å². The van der Waals surface area contributed by atoms with E-state index >= 15 is 0 Å². The predicted molar refractivity (Wildman–Crippen MR) is 111 cm³/mol. The Kier molecular flexibility index (Phi) is 5.90. The van der Waals surface area contributed by atoms with Crippen LogP contribution in [0.15, 0.2) is 29.1 Å². The zero-order valence-electron chi connectivity index (χ0n) is 16.8. The van der Waals surface area contributed by atoms with Gasteiger partial charge in [0.2, 0.25) is 5.95 Å². The zero-order chi connectivity index (χ0) is 23.2. The highest BCUT2D eigenvalue weighted by Gasteiger charge is 2.46. The average Bonchev–Trinajstić information content (AvgIpc) is 3.24. The number of aromatic amines is 1. The maximum atomic E-state index is 12.4. The van der Waals surface area contributed by atoms with Crippen LogP contribution in [0.1, 0.15) is 18.7 Å². The van der Waals surface area contributed by atoms with Gasteiger partial charge in [-0.3, -0.25) is 18.9 Å². The SMILES string of the molecule is CCc1ccc(-c2nc3c(=O)[nH]c(N)nc3n2[C@@H]2O[C@H](COP(=O)(O)O)[C@@H](O)[C@H]2O)cc1. The van der Waals surface area contributed by atoms with Crippen LogP contribution in [0, 0.1) is 0 Å². The molecule has 1 fully saturated rings. The molecule has 32 heavy (non-hydrogen) atoms. The number of rotatable bonds is 6. The minimum absolute atomic E-state index is 0.00799. The van der Waals surface area contributed by atoms with Crippen molar-refractivity contribution in [2.75, 3.05) is 12.3 Å². The summed E-state index contributed by atoms with van der Waals surface area (Å²) in [7, 11) is -4.83. The number of hydrogen-bond acceptors (Lipinski definition) is 9. The summed E-state index contributed by atoms with van der Waals surface area (Å²) in [6, 6.07) is 7.31. The van der Waals surface area contributed by atoms with E-state index in [0.29, 0.717) is 5.56 Å². The van der Waals surface area contributed by atoms with Gasteiger partial charge in [0.05, 0.1) is 6.61 Å². The zero-order valence-corrected chi connectivity index (χ0v) is 17.7. The fourth-order valence-electron chi connectivity index (χ4n) is 3.59. The Morgan fingerprint density at radius 2 is 1.91 bits per heavy atom. The summed E-state index contributed by atoms with van der Waals surface area (Å²) in [6.45, 7) is 1.32.